The molecule has 3 nitrogen and oxygen atoms in total. The van der Waals surface area contributed by atoms with E-state index in [1.807, 2.05) is 0 Å². The molecule has 0 aliphatic carbocycles. The lowest BCUT2D eigenvalue weighted by Gasteiger charge is -2.24. The largest absolute Gasteiger partial charge is 0.477 e. The molecule has 6 heteroatoms. The van der Waals surface area contributed by atoms with Crippen LogP contribution in [-0.4, -0.2) is 35.9 Å². The number of carboxylic acids is 1. The number of carboxylic acid groups (broad SMARTS) is 1. The van der Waals surface area contributed by atoms with E-state index in [0.717, 1.165) is 0 Å². The molecule has 70 valence electrons. The van der Waals surface area contributed by atoms with E-state index in [1.165, 1.54) is 0 Å². The molecule has 0 spiro atoms. The van der Waals surface area contributed by atoms with Crippen LogP contribution in [0.1, 0.15) is 6.42 Å². The standard InChI is InChI=1S/C6H7F3O3/c7-5(1-2-12-3-5)6(8,9)4(10)11/h1-3H2,(H,10,11). The summed E-state index contributed by atoms with van der Waals surface area (Å²) in [5.41, 5.74) is -3.04. The summed E-state index contributed by atoms with van der Waals surface area (Å²) < 4.78 is 42.6. The molecule has 0 aromatic carbocycles. The monoisotopic (exact) mass is 184 g/mol. The second kappa shape index (κ2) is 2.62. The number of hydrogen-bond acceptors (Lipinski definition) is 2. The Morgan fingerprint density at radius 1 is 1.58 bits per heavy atom. The summed E-state index contributed by atoms with van der Waals surface area (Å²) in [5.74, 6) is -6.81. The Hall–Kier alpha value is -0.780. The molecule has 0 radical (unpaired) electrons. The van der Waals surface area contributed by atoms with Crippen molar-refractivity contribution in [2.75, 3.05) is 13.2 Å². The Kier molecular flexibility index (Phi) is 2.03. The number of alkyl halides is 3. The van der Waals surface area contributed by atoms with Crippen LogP contribution in [-0.2, 0) is 9.53 Å². The quantitative estimate of drug-likeness (QED) is 0.691. The first-order valence-electron chi connectivity index (χ1n) is 3.28. The smallest absolute Gasteiger partial charge is 0.378 e. The Balaban J connectivity index is 2.85. The highest BCUT2D eigenvalue weighted by Gasteiger charge is 2.62. The minimum atomic E-state index is -4.36. The maximum atomic E-state index is 13.1. The van der Waals surface area contributed by atoms with Crippen LogP contribution in [0, 0.1) is 0 Å². The Morgan fingerprint density at radius 2 is 2.17 bits per heavy atom. The molecular formula is C6H7F3O3. The summed E-state index contributed by atoms with van der Waals surface area (Å²) in [7, 11) is 0. The van der Waals surface area contributed by atoms with Crippen molar-refractivity contribution in [1.29, 1.82) is 0 Å². The summed E-state index contributed by atoms with van der Waals surface area (Å²) in [6.45, 7) is -1.02. The number of ether oxygens (including phenoxy) is 1. The maximum absolute atomic E-state index is 13.1. The van der Waals surface area contributed by atoms with Crippen LogP contribution in [0.25, 0.3) is 0 Å². The van der Waals surface area contributed by atoms with Crippen molar-refractivity contribution < 1.29 is 27.8 Å². The summed E-state index contributed by atoms with van der Waals surface area (Å²) in [5, 5.41) is 8.02. The lowest BCUT2D eigenvalue weighted by molar-refractivity contribution is -0.191. The van der Waals surface area contributed by atoms with Gasteiger partial charge >= 0.3 is 11.9 Å². The molecule has 1 atom stereocenters. The van der Waals surface area contributed by atoms with Gasteiger partial charge in [-0.1, -0.05) is 0 Å². The van der Waals surface area contributed by atoms with Crippen LogP contribution < -0.4 is 0 Å². The van der Waals surface area contributed by atoms with Crippen molar-refractivity contribution in [3.63, 3.8) is 0 Å². The fourth-order valence-electron chi connectivity index (χ4n) is 0.979. The van der Waals surface area contributed by atoms with Gasteiger partial charge in [0.15, 0.2) is 0 Å². The minimum absolute atomic E-state index is 0.167. The van der Waals surface area contributed by atoms with E-state index in [1.54, 1.807) is 0 Å². The van der Waals surface area contributed by atoms with Gasteiger partial charge in [0, 0.05) is 6.42 Å². The predicted molar refractivity (Wildman–Crippen MR) is 31.9 cm³/mol. The van der Waals surface area contributed by atoms with Gasteiger partial charge in [0.05, 0.1) is 13.2 Å². The second-order valence-corrected chi connectivity index (χ2v) is 2.65. The Labute approximate surface area is 66.1 Å². The first-order valence-corrected chi connectivity index (χ1v) is 3.28. The number of hydrogen-bond donors (Lipinski definition) is 1. The minimum Gasteiger partial charge on any atom is -0.477 e. The van der Waals surface area contributed by atoms with Gasteiger partial charge in [0.1, 0.15) is 0 Å². The van der Waals surface area contributed by atoms with Gasteiger partial charge in [-0.3, -0.25) is 0 Å². The van der Waals surface area contributed by atoms with Crippen molar-refractivity contribution in [2.45, 2.75) is 18.0 Å². The molecule has 1 rings (SSSR count). The zero-order chi connectivity index (χ0) is 9.41. The van der Waals surface area contributed by atoms with E-state index in [4.69, 9.17) is 5.11 Å². The van der Waals surface area contributed by atoms with Crippen LogP contribution in [0.3, 0.4) is 0 Å². The molecule has 1 heterocycles. The molecule has 1 aliphatic rings. The van der Waals surface area contributed by atoms with Gasteiger partial charge < -0.3 is 9.84 Å². The first kappa shape index (κ1) is 9.31. The van der Waals surface area contributed by atoms with E-state index in [0.29, 0.717) is 0 Å². The normalized spacial score (nSPS) is 30.6. The van der Waals surface area contributed by atoms with Crippen LogP contribution >= 0.6 is 0 Å². The van der Waals surface area contributed by atoms with E-state index in [-0.39, 0.29) is 6.61 Å². The molecule has 0 amide bonds. The van der Waals surface area contributed by atoms with E-state index >= 15 is 0 Å². The number of halogens is 3. The second-order valence-electron chi connectivity index (χ2n) is 2.65. The number of carbonyl (C=O) groups is 1. The van der Waals surface area contributed by atoms with Crippen LogP contribution in [0.15, 0.2) is 0 Å². The molecule has 1 N–H and O–H groups in total. The Morgan fingerprint density at radius 3 is 2.50 bits per heavy atom. The molecule has 0 aromatic rings. The highest BCUT2D eigenvalue weighted by Crippen LogP contribution is 2.39. The third kappa shape index (κ3) is 1.16. The fourth-order valence-corrected chi connectivity index (χ4v) is 0.979. The lowest BCUT2D eigenvalue weighted by Crippen LogP contribution is -2.50. The van der Waals surface area contributed by atoms with Crippen molar-refractivity contribution in [2.24, 2.45) is 0 Å². The number of rotatable bonds is 2. The summed E-state index contributed by atoms with van der Waals surface area (Å²) in [4.78, 5) is 9.97. The first-order chi connectivity index (χ1) is 5.40. The summed E-state index contributed by atoms with van der Waals surface area (Å²) in [6, 6.07) is 0. The zero-order valence-corrected chi connectivity index (χ0v) is 6.02. The van der Waals surface area contributed by atoms with E-state index in [9.17, 15) is 18.0 Å². The van der Waals surface area contributed by atoms with Crippen molar-refractivity contribution in [3.8, 4) is 0 Å². The van der Waals surface area contributed by atoms with Crippen molar-refractivity contribution in [3.05, 3.63) is 0 Å². The highest BCUT2D eigenvalue weighted by molar-refractivity contribution is 5.77. The average molecular weight is 184 g/mol. The van der Waals surface area contributed by atoms with Crippen LogP contribution in [0.5, 0.6) is 0 Å². The van der Waals surface area contributed by atoms with Gasteiger partial charge in [-0.25, -0.2) is 9.18 Å². The molecule has 0 saturated carbocycles. The molecule has 0 bridgehead atoms. The molecule has 1 fully saturated rings. The van der Waals surface area contributed by atoms with Crippen molar-refractivity contribution >= 4 is 5.97 Å². The van der Waals surface area contributed by atoms with Crippen molar-refractivity contribution in [1.82, 2.24) is 0 Å². The van der Waals surface area contributed by atoms with Gasteiger partial charge in [-0.2, -0.15) is 8.78 Å². The predicted octanol–water partition coefficient (Wildman–Crippen LogP) is 0.835. The molecule has 12 heavy (non-hydrogen) atoms. The Bertz CT molecular complexity index is 198. The van der Waals surface area contributed by atoms with Gasteiger partial charge in [-0.15, -0.1) is 0 Å². The summed E-state index contributed by atoms with van der Waals surface area (Å²) >= 11 is 0. The van der Waals surface area contributed by atoms with Crippen LogP contribution in [0.4, 0.5) is 13.2 Å². The third-order valence-corrected chi connectivity index (χ3v) is 1.80. The highest BCUT2D eigenvalue weighted by atomic mass is 19.3. The van der Waals surface area contributed by atoms with E-state index in [2.05, 4.69) is 4.74 Å². The van der Waals surface area contributed by atoms with Gasteiger partial charge in [-0.05, 0) is 0 Å². The molecule has 1 unspecified atom stereocenters. The molecule has 0 aromatic heterocycles. The average Bonchev–Trinajstić information content (AvgIpc) is 2.37. The van der Waals surface area contributed by atoms with Crippen LogP contribution in [0.2, 0.25) is 0 Å². The topological polar surface area (TPSA) is 46.5 Å². The third-order valence-electron chi connectivity index (χ3n) is 1.80. The SMILES string of the molecule is O=C(O)C(F)(F)C1(F)CCOC1. The lowest BCUT2D eigenvalue weighted by atomic mass is 9.97. The number of aliphatic carboxylic acids is 1. The van der Waals surface area contributed by atoms with Gasteiger partial charge in [0.25, 0.3) is 0 Å². The molecular weight excluding hydrogens is 177 g/mol. The molecule has 1 saturated heterocycles. The fraction of sp³-hybridized carbons (Fsp3) is 0.833. The van der Waals surface area contributed by atoms with Gasteiger partial charge in [0.2, 0.25) is 5.67 Å². The summed E-state index contributed by atoms with van der Waals surface area (Å²) in [6.07, 6.45) is -0.577. The zero-order valence-electron chi connectivity index (χ0n) is 6.02. The van der Waals surface area contributed by atoms with E-state index < -0.39 is 30.6 Å². The maximum Gasteiger partial charge on any atom is 0.378 e. The molecule has 1 aliphatic heterocycles.